The van der Waals surface area contributed by atoms with Gasteiger partial charge in [-0.1, -0.05) is 41.6 Å². The van der Waals surface area contributed by atoms with Crippen LogP contribution in [-0.4, -0.2) is 15.2 Å². The first-order valence-electron chi connectivity index (χ1n) is 6.11. The Hall–Kier alpha value is -1.41. The number of aromatic nitrogens is 3. The summed E-state index contributed by atoms with van der Waals surface area (Å²) in [5.41, 5.74) is 7.32. The van der Waals surface area contributed by atoms with E-state index in [0.29, 0.717) is 21.9 Å². The van der Waals surface area contributed by atoms with Gasteiger partial charge < -0.3 is 10.2 Å². The smallest absolute Gasteiger partial charge is 0.277 e. The van der Waals surface area contributed by atoms with Crippen molar-refractivity contribution in [2.45, 2.75) is 17.5 Å². The minimum absolute atomic E-state index is 0.251. The predicted octanol–water partition coefficient (Wildman–Crippen LogP) is 3.60. The number of nitrogens with zero attached hydrogens (tertiary/aromatic N) is 3. The van der Waals surface area contributed by atoms with Crippen LogP contribution >= 0.6 is 34.7 Å². The number of nitrogens with two attached hydrogens (primary N) is 1. The molecule has 3 rings (SSSR count). The molecule has 0 radical (unpaired) electrons. The Morgan fingerprint density at radius 2 is 2.14 bits per heavy atom. The van der Waals surface area contributed by atoms with E-state index in [2.05, 4.69) is 15.2 Å². The molecule has 0 unspecified atom stereocenters. The lowest BCUT2D eigenvalue weighted by Gasteiger charge is -1.98. The summed E-state index contributed by atoms with van der Waals surface area (Å²) >= 11 is 9.18. The lowest BCUT2D eigenvalue weighted by molar-refractivity contribution is 0.414. The van der Waals surface area contributed by atoms with Crippen LogP contribution in [0.3, 0.4) is 0 Å². The first kappa shape index (κ1) is 14.5. The number of benzene rings is 1. The van der Waals surface area contributed by atoms with E-state index in [1.54, 1.807) is 11.3 Å². The maximum Gasteiger partial charge on any atom is 0.277 e. The summed E-state index contributed by atoms with van der Waals surface area (Å²) in [7, 11) is 0. The molecule has 0 bridgehead atoms. The van der Waals surface area contributed by atoms with Crippen LogP contribution in [-0.2, 0) is 12.3 Å². The first-order valence-corrected chi connectivity index (χ1v) is 8.35. The Morgan fingerprint density at radius 1 is 1.29 bits per heavy atom. The molecule has 0 fully saturated rings. The second-order valence-electron chi connectivity index (χ2n) is 4.08. The summed E-state index contributed by atoms with van der Waals surface area (Å²) in [6.45, 7) is 0.251. The molecule has 0 aliphatic rings. The van der Waals surface area contributed by atoms with Gasteiger partial charge in [0.1, 0.15) is 5.01 Å². The highest BCUT2D eigenvalue weighted by Gasteiger charge is 2.10. The van der Waals surface area contributed by atoms with Gasteiger partial charge in [0.05, 0.1) is 17.3 Å². The van der Waals surface area contributed by atoms with Crippen LogP contribution in [0.15, 0.2) is 39.3 Å². The van der Waals surface area contributed by atoms with Gasteiger partial charge in [0.15, 0.2) is 0 Å². The van der Waals surface area contributed by atoms with Gasteiger partial charge in [-0.15, -0.1) is 21.5 Å². The summed E-state index contributed by atoms with van der Waals surface area (Å²) < 4.78 is 5.34. The van der Waals surface area contributed by atoms with Crippen molar-refractivity contribution in [3.8, 4) is 10.6 Å². The summed E-state index contributed by atoms with van der Waals surface area (Å²) in [6.07, 6.45) is 0. The van der Waals surface area contributed by atoms with Crippen LogP contribution in [0.5, 0.6) is 0 Å². The maximum absolute atomic E-state index is 6.18. The van der Waals surface area contributed by atoms with E-state index in [-0.39, 0.29) is 6.54 Å². The van der Waals surface area contributed by atoms with Crippen molar-refractivity contribution in [3.63, 3.8) is 0 Å². The van der Waals surface area contributed by atoms with Gasteiger partial charge in [-0.05, 0) is 6.07 Å². The molecular formula is C13H11ClN4OS2. The highest BCUT2D eigenvalue weighted by Crippen LogP contribution is 2.31. The third-order valence-corrected chi connectivity index (χ3v) is 4.73. The van der Waals surface area contributed by atoms with Crippen molar-refractivity contribution in [2.24, 2.45) is 5.73 Å². The molecule has 0 spiro atoms. The van der Waals surface area contributed by atoms with E-state index in [1.807, 2.05) is 29.6 Å². The second-order valence-corrected chi connectivity index (χ2v) is 6.27. The fraction of sp³-hybridized carbons (Fsp3) is 0.154. The number of thioether (sulfide) groups is 1. The average molecular weight is 339 g/mol. The average Bonchev–Trinajstić information content (AvgIpc) is 3.14. The highest BCUT2D eigenvalue weighted by molar-refractivity contribution is 7.98. The molecule has 3 aromatic rings. The molecule has 2 aromatic heterocycles. The molecule has 0 saturated heterocycles. The Morgan fingerprint density at radius 3 is 2.90 bits per heavy atom. The third kappa shape index (κ3) is 3.44. The van der Waals surface area contributed by atoms with Crippen molar-refractivity contribution in [1.82, 2.24) is 15.2 Å². The van der Waals surface area contributed by atoms with Crippen molar-refractivity contribution >= 4 is 34.7 Å². The molecule has 2 N–H and O–H groups in total. The van der Waals surface area contributed by atoms with Crippen LogP contribution in [0.1, 0.15) is 11.6 Å². The van der Waals surface area contributed by atoms with Gasteiger partial charge in [-0.2, -0.15) is 0 Å². The van der Waals surface area contributed by atoms with Crippen molar-refractivity contribution in [1.29, 1.82) is 0 Å². The van der Waals surface area contributed by atoms with Gasteiger partial charge in [0.25, 0.3) is 5.22 Å². The Kier molecular flexibility index (Phi) is 4.54. The lowest BCUT2D eigenvalue weighted by Crippen LogP contribution is -1.95. The standard InChI is InChI=1S/C13H11ClN4OS2/c14-10-4-2-1-3-9(10)12-16-8(6-20-12)7-21-13-18-17-11(5-15)19-13/h1-4,6H,5,7,15H2. The van der Waals surface area contributed by atoms with E-state index in [9.17, 15) is 0 Å². The molecule has 1 aromatic carbocycles. The van der Waals surface area contributed by atoms with Gasteiger partial charge in [0, 0.05) is 16.7 Å². The molecule has 21 heavy (non-hydrogen) atoms. The topological polar surface area (TPSA) is 77.8 Å². The van der Waals surface area contributed by atoms with Crippen LogP contribution in [0.2, 0.25) is 5.02 Å². The molecule has 2 heterocycles. The summed E-state index contributed by atoms with van der Waals surface area (Å²) in [4.78, 5) is 4.58. The zero-order chi connectivity index (χ0) is 14.7. The fourth-order valence-corrected chi connectivity index (χ4v) is 3.56. The number of halogens is 1. The predicted molar refractivity (Wildman–Crippen MR) is 84.3 cm³/mol. The Balaban J connectivity index is 1.69. The Labute approximate surface area is 134 Å². The normalized spacial score (nSPS) is 11.0. The van der Waals surface area contributed by atoms with E-state index < -0.39 is 0 Å². The van der Waals surface area contributed by atoms with Gasteiger partial charge in [0.2, 0.25) is 5.89 Å². The molecule has 5 nitrogen and oxygen atoms in total. The van der Waals surface area contributed by atoms with Crippen LogP contribution in [0.25, 0.3) is 10.6 Å². The van der Waals surface area contributed by atoms with Crippen LogP contribution in [0.4, 0.5) is 0 Å². The van der Waals surface area contributed by atoms with Crippen molar-refractivity contribution in [3.05, 3.63) is 46.3 Å². The summed E-state index contributed by atoms with van der Waals surface area (Å²) in [5.74, 6) is 1.10. The lowest BCUT2D eigenvalue weighted by atomic mass is 10.2. The Bertz CT molecular complexity index is 743. The fourth-order valence-electron chi connectivity index (χ4n) is 1.65. The zero-order valence-corrected chi connectivity index (χ0v) is 13.2. The summed E-state index contributed by atoms with van der Waals surface area (Å²) in [5, 5.41) is 11.8. The number of hydrogen-bond acceptors (Lipinski definition) is 7. The second kappa shape index (κ2) is 6.57. The van der Waals surface area contributed by atoms with Crippen molar-refractivity contribution in [2.75, 3.05) is 0 Å². The highest BCUT2D eigenvalue weighted by atomic mass is 35.5. The molecule has 8 heteroatoms. The van der Waals surface area contributed by atoms with E-state index in [4.69, 9.17) is 21.8 Å². The minimum atomic E-state index is 0.251. The molecule has 0 atom stereocenters. The van der Waals surface area contributed by atoms with Gasteiger partial charge >= 0.3 is 0 Å². The van der Waals surface area contributed by atoms with Gasteiger partial charge in [-0.25, -0.2) is 4.98 Å². The molecular weight excluding hydrogens is 328 g/mol. The van der Waals surface area contributed by atoms with Crippen molar-refractivity contribution < 1.29 is 4.42 Å². The monoisotopic (exact) mass is 338 g/mol. The molecule has 0 saturated carbocycles. The van der Waals surface area contributed by atoms with Crippen LogP contribution < -0.4 is 5.73 Å². The number of rotatable bonds is 5. The largest absolute Gasteiger partial charge is 0.415 e. The van der Waals surface area contributed by atoms with E-state index in [0.717, 1.165) is 16.3 Å². The first-order chi connectivity index (χ1) is 10.3. The molecule has 0 aliphatic carbocycles. The third-order valence-electron chi connectivity index (χ3n) is 2.62. The maximum atomic E-state index is 6.18. The molecule has 0 amide bonds. The van der Waals surface area contributed by atoms with E-state index >= 15 is 0 Å². The number of hydrogen-bond donors (Lipinski definition) is 1. The summed E-state index contributed by atoms with van der Waals surface area (Å²) in [6, 6.07) is 7.67. The quantitative estimate of drug-likeness (QED) is 0.716. The minimum Gasteiger partial charge on any atom is -0.415 e. The van der Waals surface area contributed by atoms with Gasteiger partial charge in [-0.3, -0.25) is 0 Å². The van der Waals surface area contributed by atoms with E-state index in [1.165, 1.54) is 11.8 Å². The van der Waals surface area contributed by atoms with Crippen LogP contribution in [0, 0.1) is 0 Å². The zero-order valence-electron chi connectivity index (χ0n) is 10.8. The SMILES string of the molecule is NCc1nnc(SCc2csc(-c3ccccc3Cl)n2)o1. The number of thiazole rings is 1. The molecule has 108 valence electrons. The molecule has 0 aliphatic heterocycles.